The second-order valence-electron chi connectivity index (χ2n) is 5.38. The monoisotopic (exact) mass is 305 g/mol. The van der Waals surface area contributed by atoms with Crippen LogP contribution in [-0.4, -0.2) is 52.4 Å². The third kappa shape index (κ3) is 2.98. The molecule has 1 aliphatic heterocycles. The number of aromatic nitrogens is 6. The molecule has 0 saturated heterocycles. The van der Waals surface area contributed by atoms with Crippen LogP contribution in [0.4, 0.5) is 0 Å². The largest absolute Gasteiger partial charge is 0.390 e. The Kier molecular flexibility index (Phi) is 4.14. The molecule has 9 heteroatoms. The number of fused-ring (bicyclic) bond motifs is 1. The summed E-state index contributed by atoms with van der Waals surface area (Å²) in [4.78, 5) is 14.2. The first-order valence-corrected chi connectivity index (χ1v) is 7.34. The zero-order valence-electron chi connectivity index (χ0n) is 12.5. The number of tetrazole rings is 1. The van der Waals surface area contributed by atoms with Crippen molar-refractivity contribution in [3.05, 3.63) is 23.3 Å². The van der Waals surface area contributed by atoms with Crippen LogP contribution in [0.15, 0.2) is 6.07 Å². The molecular weight excluding hydrogens is 286 g/mol. The number of carbonyl (C=O) groups is 1. The van der Waals surface area contributed by atoms with E-state index in [4.69, 9.17) is 0 Å². The van der Waals surface area contributed by atoms with E-state index in [2.05, 4.69) is 20.6 Å². The molecular formula is C13H19N7O2. The number of aliphatic hydroxyl groups is 1. The summed E-state index contributed by atoms with van der Waals surface area (Å²) in [5, 5.41) is 24.7. The standard InChI is InChI=1S/C13H19N7O2/c1-10-14-16-17-19(10)6-3-13(22)18-4-2-5-20-12(8-18)7-11(9-21)15-20/h7,21H,2-6,8-9H2,1H3. The molecule has 3 heterocycles. The molecule has 22 heavy (non-hydrogen) atoms. The highest BCUT2D eigenvalue weighted by Gasteiger charge is 2.20. The van der Waals surface area contributed by atoms with E-state index in [1.54, 1.807) is 4.68 Å². The molecule has 0 bridgehead atoms. The summed E-state index contributed by atoms with van der Waals surface area (Å²) in [6, 6.07) is 1.86. The van der Waals surface area contributed by atoms with Gasteiger partial charge in [-0.15, -0.1) is 5.10 Å². The summed E-state index contributed by atoms with van der Waals surface area (Å²) in [7, 11) is 0. The maximum absolute atomic E-state index is 12.4. The lowest BCUT2D eigenvalue weighted by atomic mass is 10.3. The Balaban J connectivity index is 1.64. The highest BCUT2D eigenvalue weighted by atomic mass is 16.3. The molecule has 0 unspecified atom stereocenters. The fourth-order valence-corrected chi connectivity index (χ4v) is 2.63. The van der Waals surface area contributed by atoms with Crippen LogP contribution in [0.1, 0.15) is 30.1 Å². The zero-order valence-corrected chi connectivity index (χ0v) is 12.5. The van der Waals surface area contributed by atoms with E-state index in [9.17, 15) is 9.90 Å². The third-order valence-electron chi connectivity index (χ3n) is 3.83. The molecule has 1 N–H and O–H groups in total. The van der Waals surface area contributed by atoms with Crippen LogP contribution in [0.5, 0.6) is 0 Å². The summed E-state index contributed by atoms with van der Waals surface area (Å²) in [5.41, 5.74) is 1.61. The Hall–Kier alpha value is -2.29. The minimum Gasteiger partial charge on any atom is -0.390 e. The van der Waals surface area contributed by atoms with Gasteiger partial charge in [0.15, 0.2) is 0 Å². The van der Waals surface area contributed by atoms with Crippen LogP contribution in [-0.2, 0) is 31.0 Å². The van der Waals surface area contributed by atoms with E-state index in [0.717, 1.165) is 18.7 Å². The molecule has 2 aromatic rings. The normalized spacial score (nSPS) is 14.7. The lowest BCUT2D eigenvalue weighted by Crippen LogP contribution is -2.31. The number of aliphatic hydroxyl groups excluding tert-OH is 1. The van der Waals surface area contributed by atoms with Crippen molar-refractivity contribution in [2.45, 2.75) is 46.0 Å². The second-order valence-corrected chi connectivity index (χ2v) is 5.38. The van der Waals surface area contributed by atoms with Gasteiger partial charge in [-0.1, -0.05) is 0 Å². The van der Waals surface area contributed by atoms with Crippen molar-refractivity contribution in [2.75, 3.05) is 6.54 Å². The molecule has 0 spiro atoms. The zero-order chi connectivity index (χ0) is 15.5. The van der Waals surface area contributed by atoms with E-state index >= 15 is 0 Å². The van der Waals surface area contributed by atoms with Crippen molar-refractivity contribution in [1.82, 2.24) is 34.9 Å². The van der Waals surface area contributed by atoms with Crippen LogP contribution in [0.3, 0.4) is 0 Å². The van der Waals surface area contributed by atoms with Crippen molar-refractivity contribution >= 4 is 5.91 Å². The molecule has 1 aliphatic rings. The van der Waals surface area contributed by atoms with Gasteiger partial charge in [0, 0.05) is 19.5 Å². The molecule has 0 fully saturated rings. The summed E-state index contributed by atoms with van der Waals surface area (Å²) in [5.74, 6) is 0.782. The summed E-state index contributed by atoms with van der Waals surface area (Å²) < 4.78 is 3.51. The van der Waals surface area contributed by atoms with Crippen LogP contribution >= 0.6 is 0 Å². The maximum atomic E-state index is 12.4. The average molecular weight is 305 g/mol. The van der Waals surface area contributed by atoms with Gasteiger partial charge in [-0.05, 0) is 29.8 Å². The lowest BCUT2D eigenvalue weighted by Gasteiger charge is -2.20. The summed E-state index contributed by atoms with van der Waals surface area (Å²) in [6.07, 6.45) is 1.22. The van der Waals surface area contributed by atoms with Crippen molar-refractivity contribution in [2.24, 2.45) is 0 Å². The highest BCUT2D eigenvalue weighted by molar-refractivity contribution is 5.76. The van der Waals surface area contributed by atoms with Gasteiger partial charge in [0.25, 0.3) is 0 Å². The van der Waals surface area contributed by atoms with Gasteiger partial charge in [0.05, 0.1) is 31.1 Å². The van der Waals surface area contributed by atoms with Gasteiger partial charge in [-0.3, -0.25) is 9.48 Å². The number of carbonyl (C=O) groups excluding carboxylic acids is 1. The molecule has 9 nitrogen and oxygen atoms in total. The highest BCUT2D eigenvalue weighted by Crippen LogP contribution is 2.15. The SMILES string of the molecule is Cc1nnnn1CCC(=O)N1CCCn2nc(CO)cc2C1. The number of hydrogen-bond acceptors (Lipinski definition) is 6. The predicted molar refractivity (Wildman–Crippen MR) is 75.4 cm³/mol. The minimum absolute atomic E-state index is 0.0769. The van der Waals surface area contributed by atoms with Gasteiger partial charge in [-0.25, -0.2) is 4.68 Å². The van der Waals surface area contributed by atoms with Crippen molar-refractivity contribution in [3.63, 3.8) is 0 Å². The van der Waals surface area contributed by atoms with Crippen LogP contribution in [0, 0.1) is 6.92 Å². The van der Waals surface area contributed by atoms with Crippen LogP contribution in [0.2, 0.25) is 0 Å². The molecule has 0 aromatic carbocycles. The Bertz CT molecular complexity index is 663. The van der Waals surface area contributed by atoms with E-state index in [1.165, 1.54) is 0 Å². The molecule has 0 radical (unpaired) electrons. The molecule has 1 amide bonds. The maximum Gasteiger partial charge on any atom is 0.224 e. The molecule has 118 valence electrons. The molecule has 2 aromatic heterocycles. The van der Waals surface area contributed by atoms with Gasteiger partial charge in [-0.2, -0.15) is 5.10 Å². The van der Waals surface area contributed by atoms with E-state index < -0.39 is 0 Å². The first-order chi connectivity index (χ1) is 10.7. The topological polar surface area (TPSA) is 102 Å². The fraction of sp³-hybridized carbons (Fsp3) is 0.615. The Labute approximate surface area is 127 Å². The minimum atomic E-state index is -0.0769. The molecule has 0 aliphatic carbocycles. The first-order valence-electron chi connectivity index (χ1n) is 7.34. The van der Waals surface area contributed by atoms with E-state index in [1.807, 2.05) is 22.6 Å². The number of nitrogens with zero attached hydrogens (tertiary/aromatic N) is 7. The Morgan fingerprint density at radius 1 is 1.41 bits per heavy atom. The molecule has 0 atom stereocenters. The van der Waals surface area contributed by atoms with E-state index in [-0.39, 0.29) is 12.5 Å². The van der Waals surface area contributed by atoms with Gasteiger partial charge in [0.2, 0.25) is 5.91 Å². The Morgan fingerprint density at radius 2 is 2.27 bits per heavy atom. The summed E-state index contributed by atoms with van der Waals surface area (Å²) >= 11 is 0. The third-order valence-corrected chi connectivity index (χ3v) is 3.83. The van der Waals surface area contributed by atoms with Crippen LogP contribution in [0.25, 0.3) is 0 Å². The van der Waals surface area contributed by atoms with E-state index in [0.29, 0.717) is 37.6 Å². The number of aryl methyl sites for hydroxylation is 3. The predicted octanol–water partition coefficient (Wildman–Crippen LogP) is -0.507. The van der Waals surface area contributed by atoms with Crippen molar-refractivity contribution in [1.29, 1.82) is 0 Å². The number of amides is 1. The average Bonchev–Trinajstić information content (AvgIpc) is 3.05. The van der Waals surface area contributed by atoms with Crippen molar-refractivity contribution < 1.29 is 9.90 Å². The summed E-state index contributed by atoms with van der Waals surface area (Å²) in [6.45, 7) is 4.23. The number of rotatable bonds is 4. The quantitative estimate of drug-likeness (QED) is 0.816. The fourth-order valence-electron chi connectivity index (χ4n) is 2.63. The molecule has 0 saturated carbocycles. The smallest absolute Gasteiger partial charge is 0.224 e. The van der Waals surface area contributed by atoms with Crippen LogP contribution < -0.4 is 0 Å². The van der Waals surface area contributed by atoms with Crippen molar-refractivity contribution in [3.8, 4) is 0 Å². The molecule has 3 rings (SSSR count). The Morgan fingerprint density at radius 3 is 3.00 bits per heavy atom. The van der Waals surface area contributed by atoms with Gasteiger partial charge < -0.3 is 10.0 Å². The number of hydrogen-bond donors (Lipinski definition) is 1. The lowest BCUT2D eigenvalue weighted by molar-refractivity contribution is -0.132. The second kappa shape index (κ2) is 6.22. The van der Waals surface area contributed by atoms with Gasteiger partial charge >= 0.3 is 0 Å². The van der Waals surface area contributed by atoms with Gasteiger partial charge in [0.1, 0.15) is 5.82 Å². The first kappa shape index (κ1) is 14.6.